The van der Waals surface area contributed by atoms with Crippen LogP contribution in [-0.2, 0) is 17.6 Å². The first-order valence-electron chi connectivity index (χ1n) is 8.80. The number of anilines is 1. The summed E-state index contributed by atoms with van der Waals surface area (Å²) < 4.78 is 10.5. The van der Waals surface area contributed by atoms with Gasteiger partial charge in [0.05, 0.1) is 18.4 Å². The van der Waals surface area contributed by atoms with Crippen LogP contribution in [0, 0.1) is 5.92 Å². The Balaban J connectivity index is 1.91. The molecule has 0 radical (unpaired) electrons. The number of ether oxygens (including phenoxy) is 1. The number of amides is 1. The van der Waals surface area contributed by atoms with E-state index in [4.69, 9.17) is 9.15 Å². The van der Waals surface area contributed by atoms with Gasteiger partial charge in [0.1, 0.15) is 5.00 Å². The van der Waals surface area contributed by atoms with Gasteiger partial charge in [-0.2, -0.15) is 0 Å². The predicted molar refractivity (Wildman–Crippen MR) is 97.4 cm³/mol. The van der Waals surface area contributed by atoms with Gasteiger partial charge in [0.2, 0.25) is 0 Å². The highest BCUT2D eigenvalue weighted by atomic mass is 32.1. The molecule has 6 heteroatoms. The third-order valence-corrected chi connectivity index (χ3v) is 5.73. The summed E-state index contributed by atoms with van der Waals surface area (Å²) in [7, 11) is 0. The SMILES string of the molecule is CCCOC(=O)c1c(NC(=O)c2ccco2)sc2c1CCC(CC)C2. The maximum atomic E-state index is 12.6. The molecular weight excluding hydrogens is 338 g/mol. The van der Waals surface area contributed by atoms with Gasteiger partial charge in [-0.1, -0.05) is 20.3 Å². The van der Waals surface area contributed by atoms with Crippen molar-refractivity contribution in [2.75, 3.05) is 11.9 Å². The predicted octanol–water partition coefficient (Wildman–Crippen LogP) is 4.68. The molecule has 0 fully saturated rings. The molecule has 1 atom stereocenters. The molecule has 0 bridgehead atoms. The van der Waals surface area contributed by atoms with E-state index in [2.05, 4.69) is 12.2 Å². The van der Waals surface area contributed by atoms with Gasteiger partial charge in [0, 0.05) is 4.88 Å². The van der Waals surface area contributed by atoms with E-state index < -0.39 is 0 Å². The lowest BCUT2D eigenvalue weighted by atomic mass is 9.85. The van der Waals surface area contributed by atoms with Gasteiger partial charge in [0.25, 0.3) is 5.91 Å². The van der Waals surface area contributed by atoms with Crippen molar-refractivity contribution in [2.45, 2.75) is 46.0 Å². The number of esters is 1. The average Bonchev–Trinajstić information content (AvgIpc) is 3.26. The zero-order valence-corrected chi connectivity index (χ0v) is 15.4. The summed E-state index contributed by atoms with van der Waals surface area (Å²) in [4.78, 5) is 26.1. The summed E-state index contributed by atoms with van der Waals surface area (Å²) in [6, 6.07) is 3.27. The van der Waals surface area contributed by atoms with E-state index >= 15 is 0 Å². The van der Waals surface area contributed by atoms with E-state index in [1.54, 1.807) is 12.1 Å². The van der Waals surface area contributed by atoms with Crippen molar-refractivity contribution in [3.05, 3.63) is 40.2 Å². The van der Waals surface area contributed by atoms with Crippen LogP contribution < -0.4 is 5.32 Å². The zero-order valence-electron chi connectivity index (χ0n) is 14.6. The van der Waals surface area contributed by atoms with Gasteiger partial charge in [-0.05, 0) is 49.3 Å². The number of furan rings is 1. The van der Waals surface area contributed by atoms with E-state index in [1.807, 2.05) is 6.92 Å². The highest BCUT2D eigenvalue weighted by molar-refractivity contribution is 7.17. The second-order valence-corrected chi connectivity index (χ2v) is 7.40. The molecule has 2 aromatic rings. The first-order valence-corrected chi connectivity index (χ1v) is 9.62. The van der Waals surface area contributed by atoms with Crippen LogP contribution >= 0.6 is 11.3 Å². The first kappa shape index (κ1) is 17.7. The van der Waals surface area contributed by atoms with Crippen LogP contribution in [-0.4, -0.2) is 18.5 Å². The maximum Gasteiger partial charge on any atom is 0.341 e. The van der Waals surface area contributed by atoms with Crippen molar-refractivity contribution in [1.82, 2.24) is 0 Å². The Morgan fingerprint density at radius 1 is 1.40 bits per heavy atom. The number of nitrogens with one attached hydrogen (secondary N) is 1. The minimum Gasteiger partial charge on any atom is -0.462 e. The second-order valence-electron chi connectivity index (χ2n) is 6.29. The number of thiophene rings is 1. The number of hydrogen-bond acceptors (Lipinski definition) is 5. The minimum absolute atomic E-state index is 0.227. The molecule has 1 aliphatic carbocycles. The minimum atomic E-state index is -0.347. The molecule has 0 saturated carbocycles. The van der Waals surface area contributed by atoms with Gasteiger partial charge in [-0.3, -0.25) is 4.79 Å². The van der Waals surface area contributed by atoms with Gasteiger partial charge in [-0.25, -0.2) is 4.79 Å². The summed E-state index contributed by atoms with van der Waals surface area (Å²) in [5.41, 5.74) is 1.58. The molecule has 134 valence electrons. The molecule has 0 spiro atoms. The Bertz CT molecular complexity index is 748. The molecule has 0 aliphatic heterocycles. The summed E-state index contributed by atoms with van der Waals surface area (Å²) in [5.74, 6) is 0.175. The van der Waals surface area contributed by atoms with Crippen LogP contribution in [0.15, 0.2) is 22.8 Å². The monoisotopic (exact) mass is 361 g/mol. The molecule has 5 nitrogen and oxygen atoms in total. The summed E-state index contributed by atoms with van der Waals surface area (Å²) >= 11 is 1.49. The third kappa shape index (κ3) is 3.79. The lowest BCUT2D eigenvalue weighted by Gasteiger charge is -2.21. The van der Waals surface area contributed by atoms with E-state index in [9.17, 15) is 9.59 Å². The fourth-order valence-corrected chi connectivity index (χ4v) is 4.49. The summed E-state index contributed by atoms with van der Waals surface area (Å²) in [5, 5.41) is 3.42. The van der Waals surface area contributed by atoms with E-state index in [0.717, 1.165) is 37.7 Å². The largest absolute Gasteiger partial charge is 0.462 e. The van der Waals surface area contributed by atoms with Crippen LogP contribution in [0.1, 0.15) is 64.5 Å². The molecule has 0 aromatic carbocycles. The van der Waals surface area contributed by atoms with Crippen molar-refractivity contribution in [3.8, 4) is 0 Å². The van der Waals surface area contributed by atoms with Crippen LogP contribution in [0.25, 0.3) is 0 Å². The van der Waals surface area contributed by atoms with Crippen LogP contribution in [0.2, 0.25) is 0 Å². The number of carbonyl (C=O) groups excluding carboxylic acids is 2. The fraction of sp³-hybridized carbons (Fsp3) is 0.474. The molecule has 1 aliphatic rings. The Hall–Kier alpha value is -2.08. The van der Waals surface area contributed by atoms with Gasteiger partial charge in [-0.15, -0.1) is 11.3 Å². The second kappa shape index (κ2) is 7.87. The van der Waals surface area contributed by atoms with Gasteiger partial charge >= 0.3 is 5.97 Å². The highest BCUT2D eigenvalue weighted by Crippen LogP contribution is 2.41. The first-order chi connectivity index (χ1) is 12.1. The quantitative estimate of drug-likeness (QED) is 0.759. The van der Waals surface area contributed by atoms with Crippen molar-refractivity contribution >= 4 is 28.2 Å². The van der Waals surface area contributed by atoms with Crippen LogP contribution in [0.3, 0.4) is 0 Å². The normalized spacial score (nSPS) is 16.3. The van der Waals surface area contributed by atoms with Crippen molar-refractivity contribution < 1.29 is 18.7 Å². The number of carbonyl (C=O) groups is 2. The fourth-order valence-electron chi connectivity index (χ4n) is 3.15. The standard InChI is InChI=1S/C19H23NO4S/c1-3-9-24-19(22)16-13-8-7-12(4-2)11-15(13)25-18(16)20-17(21)14-6-5-10-23-14/h5-6,10,12H,3-4,7-9,11H2,1-2H3,(H,20,21). The summed E-state index contributed by atoms with van der Waals surface area (Å²) in [6.45, 7) is 4.54. The Morgan fingerprint density at radius 2 is 2.24 bits per heavy atom. The van der Waals surface area contributed by atoms with Gasteiger partial charge < -0.3 is 14.5 Å². The molecule has 2 aromatic heterocycles. The molecule has 1 N–H and O–H groups in total. The lowest BCUT2D eigenvalue weighted by molar-refractivity contribution is 0.0505. The van der Waals surface area contributed by atoms with E-state index in [1.165, 1.54) is 22.5 Å². The Labute approximate surface area is 151 Å². The molecule has 0 saturated heterocycles. The molecule has 2 heterocycles. The van der Waals surface area contributed by atoms with Crippen LogP contribution in [0.5, 0.6) is 0 Å². The topological polar surface area (TPSA) is 68.5 Å². The van der Waals surface area contributed by atoms with E-state index in [-0.39, 0.29) is 17.6 Å². The van der Waals surface area contributed by atoms with Crippen molar-refractivity contribution in [3.63, 3.8) is 0 Å². The smallest absolute Gasteiger partial charge is 0.341 e. The number of rotatable bonds is 6. The lowest BCUT2D eigenvalue weighted by Crippen LogP contribution is -2.17. The van der Waals surface area contributed by atoms with Gasteiger partial charge in [0.15, 0.2) is 5.76 Å². The van der Waals surface area contributed by atoms with E-state index in [0.29, 0.717) is 23.1 Å². The third-order valence-electron chi connectivity index (χ3n) is 4.56. The number of hydrogen-bond donors (Lipinski definition) is 1. The average molecular weight is 361 g/mol. The highest BCUT2D eigenvalue weighted by Gasteiger charge is 2.30. The molecule has 3 rings (SSSR count). The summed E-state index contributed by atoms with van der Waals surface area (Å²) in [6.07, 6.45) is 6.24. The molecule has 25 heavy (non-hydrogen) atoms. The maximum absolute atomic E-state index is 12.6. The molecular formula is C19H23NO4S. The van der Waals surface area contributed by atoms with Crippen LogP contribution in [0.4, 0.5) is 5.00 Å². The number of fused-ring (bicyclic) bond motifs is 1. The molecule has 1 unspecified atom stereocenters. The molecule has 1 amide bonds. The van der Waals surface area contributed by atoms with Crippen molar-refractivity contribution in [2.24, 2.45) is 5.92 Å². The van der Waals surface area contributed by atoms with Crippen molar-refractivity contribution in [1.29, 1.82) is 0 Å². The Morgan fingerprint density at radius 3 is 2.92 bits per heavy atom. The Kier molecular flexibility index (Phi) is 5.58. The zero-order chi connectivity index (χ0) is 17.8.